The Morgan fingerprint density at radius 2 is 2.00 bits per heavy atom. The quantitative estimate of drug-likeness (QED) is 0.874. The lowest BCUT2D eigenvalue weighted by molar-refractivity contribution is -0.142. The normalized spacial score (nSPS) is 22.8. The van der Waals surface area contributed by atoms with Gasteiger partial charge in [0.15, 0.2) is 0 Å². The molecule has 0 bridgehead atoms. The van der Waals surface area contributed by atoms with Gasteiger partial charge >= 0.3 is 0 Å². The molecule has 1 aliphatic heterocycles. The van der Waals surface area contributed by atoms with Crippen LogP contribution in [0.5, 0.6) is 0 Å². The average molecular weight is 334 g/mol. The molecule has 1 saturated heterocycles. The van der Waals surface area contributed by atoms with Crippen molar-refractivity contribution in [2.45, 2.75) is 25.6 Å². The van der Waals surface area contributed by atoms with Crippen molar-refractivity contribution in [3.05, 3.63) is 65.7 Å². The number of terminal acetylenes is 1. The van der Waals surface area contributed by atoms with Crippen molar-refractivity contribution in [3.63, 3.8) is 0 Å². The van der Waals surface area contributed by atoms with Gasteiger partial charge in [-0.2, -0.15) is 0 Å². The first-order chi connectivity index (χ1) is 12.0. The summed E-state index contributed by atoms with van der Waals surface area (Å²) in [5, 5.41) is 0. The van der Waals surface area contributed by atoms with E-state index in [-0.39, 0.29) is 12.0 Å². The first-order valence-electron chi connectivity index (χ1n) is 8.35. The average Bonchev–Trinajstić information content (AvgIpc) is 3.04. The van der Waals surface area contributed by atoms with Crippen LogP contribution in [0, 0.1) is 18.3 Å². The Hall–Kier alpha value is -2.77. The maximum atomic E-state index is 12.5. The molecular formula is C21H22N2O2. The minimum absolute atomic E-state index is 0.119. The van der Waals surface area contributed by atoms with Crippen molar-refractivity contribution in [3.8, 4) is 12.3 Å². The van der Waals surface area contributed by atoms with Gasteiger partial charge in [0.05, 0.1) is 12.6 Å². The summed E-state index contributed by atoms with van der Waals surface area (Å²) in [5.74, 6) is 2.06. The smallest absolute Gasteiger partial charge is 0.271 e. The van der Waals surface area contributed by atoms with E-state index in [0.29, 0.717) is 6.61 Å². The molecule has 2 aromatic carbocycles. The summed E-state index contributed by atoms with van der Waals surface area (Å²) in [5.41, 5.74) is 7.32. The van der Waals surface area contributed by atoms with Crippen LogP contribution in [0.1, 0.15) is 31.0 Å². The predicted molar refractivity (Wildman–Crippen MR) is 98.8 cm³/mol. The predicted octanol–water partition coefficient (Wildman–Crippen LogP) is 3.08. The molecule has 1 amide bonds. The molecule has 2 unspecified atom stereocenters. The summed E-state index contributed by atoms with van der Waals surface area (Å²) < 4.78 is 6.07. The van der Waals surface area contributed by atoms with Crippen LogP contribution in [0.15, 0.2) is 54.6 Å². The molecule has 3 rings (SSSR count). The first-order valence-corrected chi connectivity index (χ1v) is 8.35. The molecule has 0 saturated carbocycles. The lowest BCUT2D eigenvalue weighted by Gasteiger charge is -2.41. The number of carbonyl (C=O) groups is 1. The third-order valence-corrected chi connectivity index (χ3v) is 4.74. The SMILES string of the molecule is C#Cc1cccc(C2COC(C(N)=O)(C(C)C)N2c2ccccc2)c1. The van der Waals surface area contributed by atoms with Crippen LogP contribution in [-0.4, -0.2) is 18.2 Å². The van der Waals surface area contributed by atoms with Crippen LogP contribution in [0.4, 0.5) is 5.69 Å². The fourth-order valence-electron chi connectivity index (χ4n) is 3.54. The highest BCUT2D eigenvalue weighted by molar-refractivity contribution is 5.88. The zero-order valence-electron chi connectivity index (χ0n) is 14.5. The number of anilines is 1. The third kappa shape index (κ3) is 2.77. The number of hydrogen-bond donors (Lipinski definition) is 1. The molecule has 4 heteroatoms. The Balaban J connectivity index is 2.16. The number of rotatable bonds is 4. The second-order valence-electron chi connectivity index (χ2n) is 6.52. The minimum atomic E-state index is -1.20. The van der Waals surface area contributed by atoms with Crippen molar-refractivity contribution in [2.75, 3.05) is 11.5 Å². The summed E-state index contributed by atoms with van der Waals surface area (Å²) in [6, 6.07) is 17.4. The van der Waals surface area contributed by atoms with Gasteiger partial charge in [-0.3, -0.25) is 4.79 Å². The number of nitrogens with two attached hydrogens (primary N) is 1. The number of primary amides is 1. The van der Waals surface area contributed by atoms with E-state index in [1.807, 2.05) is 73.3 Å². The highest BCUT2D eigenvalue weighted by Gasteiger charge is 2.55. The van der Waals surface area contributed by atoms with Crippen molar-refractivity contribution in [1.82, 2.24) is 0 Å². The van der Waals surface area contributed by atoms with Gasteiger partial charge in [-0.1, -0.05) is 50.1 Å². The fourth-order valence-corrected chi connectivity index (χ4v) is 3.54. The zero-order valence-corrected chi connectivity index (χ0v) is 14.5. The minimum Gasteiger partial charge on any atom is -0.365 e. The van der Waals surface area contributed by atoms with Gasteiger partial charge in [0, 0.05) is 17.2 Å². The van der Waals surface area contributed by atoms with E-state index in [9.17, 15) is 4.79 Å². The molecule has 1 heterocycles. The Kier molecular flexibility index (Phi) is 4.52. The first kappa shape index (κ1) is 17.1. The molecule has 1 fully saturated rings. The number of para-hydroxylation sites is 1. The van der Waals surface area contributed by atoms with E-state index in [1.54, 1.807) is 0 Å². The standard InChI is InChI=1S/C21H22N2O2/c1-4-16-9-8-10-17(13-16)19-14-25-21(15(2)3,20(22)24)23(19)18-11-6-5-7-12-18/h1,5-13,15,19H,14H2,2-3H3,(H2,22,24). The van der Waals surface area contributed by atoms with Gasteiger partial charge in [-0.05, 0) is 29.8 Å². The lowest BCUT2D eigenvalue weighted by Crippen LogP contribution is -2.59. The van der Waals surface area contributed by atoms with Crippen molar-refractivity contribution < 1.29 is 9.53 Å². The maximum absolute atomic E-state index is 12.5. The van der Waals surface area contributed by atoms with E-state index in [0.717, 1.165) is 16.8 Å². The molecule has 2 aromatic rings. The summed E-state index contributed by atoms with van der Waals surface area (Å²) in [6.45, 7) is 4.26. The van der Waals surface area contributed by atoms with E-state index in [2.05, 4.69) is 5.92 Å². The van der Waals surface area contributed by atoms with Crippen LogP contribution in [0.25, 0.3) is 0 Å². The van der Waals surface area contributed by atoms with Gasteiger partial charge < -0.3 is 15.4 Å². The third-order valence-electron chi connectivity index (χ3n) is 4.74. The molecule has 0 aromatic heterocycles. The lowest BCUT2D eigenvalue weighted by atomic mass is 9.94. The van der Waals surface area contributed by atoms with Crippen LogP contribution in [-0.2, 0) is 9.53 Å². The van der Waals surface area contributed by atoms with Crippen molar-refractivity contribution in [1.29, 1.82) is 0 Å². The zero-order chi connectivity index (χ0) is 18.0. The number of nitrogens with zero attached hydrogens (tertiary/aromatic N) is 1. The summed E-state index contributed by atoms with van der Waals surface area (Å²) in [6.07, 6.45) is 5.54. The number of hydrogen-bond acceptors (Lipinski definition) is 3. The molecule has 4 nitrogen and oxygen atoms in total. The molecule has 128 valence electrons. The van der Waals surface area contributed by atoms with Gasteiger partial charge in [0.25, 0.3) is 5.91 Å². The number of amides is 1. The van der Waals surface area contributed by atoms with Gasteiger partial charge in [-0.15, -0.1) is 6.42 Å². The molecule has 0 aliphatic carbocycles. The molecule has 2 atom stereocenters. The Bertz CT molecular complexity index is 810. The second-order valence-corrected chi connectivity index (χ2v) is 6.52. The summed E-state index contributed by atoms with van der Waals surface area (Å²) >= 11 is 0. The molecule has 2 N–H and O–H groups in total. The van der Waals surface area contributed by atoms with Gasteiger partial charge in [0.1, 0.15) is 0 Å². The monoisotopic (exact) mass is 334 g/mol. The van der Waals surface area contributed by atoms with E-state index >= 15 is 0 Å². The van der Waals surface area contributed by atoms with Crippen molar-refractivity contribution in [2.24, 2.45) is 11.7 Å². The molecule has 0 radical (unpaired) electrons. The van der Waals surface area contributed by atoms with Crippen LogP contribution in [0.3, 0.4) is 0 Å². The molecular weight excluding hydrogens is 312 g/mol. The highest BCUT2D eigenvalue weighted by Crippen LogP contribution is 2.44. The van der Waals surface area contributed by atoms with Crippen LogP contribution in [0.2, 0.25) is 0 Å². The summed E-state index contributed by atoms with van der Waals surface area (Å²) in [7, 11) is 0. The molecule has 25 heavy (non-hydrogen) atoms. The van der Waals surface area contributed by atoms with Crippen molar-refractivity contribution >= 4 is 11.6 Å². The topological polar surface area (TPSA) is 55.6 Å². The highest BCUT2D eigenvalue weighted by atomic mass is 16.5. The Labute approximate surface area is 148 Å². The van der Waals surface area contributed by atoms with E-state index in [1.165, 1.54) is 0 Å². The second kappa shape index (κ2) is 6.62. The fraction of sp³-hybridized carbons (Fsp3) is 0.286. The van der Waals surface area contributed by atoms with Crippen LogP contribution < -0.4 is 10.6 Å². The number of benzene rings is 2. The Morgan fingerprint density at radius 3 is 2.60 bits per heavy atom. The largest absolute Gasteiger partial charge is 0.365 e. The summed E-state index contributed by atoms with van der Waals surface area (Å²) in [4.78, 5) is 14.5. The van der Waals surface area contributed by atoms with E-state index < -0.39 is 11.6 Å². The van der Waals surface area contributed by atoms with E-state index in [4.69, 9.17) is 16.9 Å². The number of ether oxygens (including phenoxy) is 1. The molecule has 0 spiro atoms. The maximum Gasteiger partial charge on any atom is 0.271 e. The molecule has 1 aliphatic rings. The number of carbonyl (C=O) groups excluding carboxylic acids is 1. The van der Waals surface area contributed by atoms with Gasteiger partial charge in [-0.25, -0.2) is 0 Å². The van der Waals surface area contributed by atoms with Crippen LogP contribution >= 0.6 is 0 Å². The Morgan fingerprint density at radius 1 is 1.28 bits per heavy atom. The van der Waals surface area contributed by atoms with Gasteiger partial charge in [0.2, 0.25) is 5.72 Å².